The van der Waals surface area contributed by atoms with Gasteiger partial charge in [-0.15, -0.1) is 0 Å². The van der Waals surface area contributed by atoms with E-state index in [9.17, 15) is 9.18 Å². The first kappa shape index (κ1) is 33.1. The molecule has 2 unspecified atom stereocenters. The molecule has 4 fully saturated rings. The number of hydrogen-bond acceptors (Lipinski definition) is 5. The van der Waals surface area contributed by atoms with E-state index < -0.39 is 0 Å². The Labute approximate surface area is 289 Å². The number of aryl methyl sites for hydroxylation is 3. The maximum Gasteiger partial charge on any atom is 0.261 e. The highest BCUT2D eigenvalue weighted by Gasteiger charge is 2.56. The van der Waals surface area contributed by atoms with Crippen LogP contribution in [0.3, 0.4) is 0 Å². The molecule has 2 bridgehead atoms. The van der Waals surface area contributed by atoms with Gasteiger partial charge in [0.2, 0.25) is 0 Å². The molecule has 9 heteroatoms. The zero-order chi connectivity index (χ0) is 34.4. The average molecular weight is 665 g/mol. The minimum absolute atomic E-state index is 0.140. The zero-order valence-electron chi connectivity index (χ0n) is 29.6. The molecule has 0 radical (unpaired) electrons. The van der Waals surface area contributed by atoms with Crippen molar-refractivity contribution < 1.29 is 9.13 Å². The van der Waals surface area contributed by atoms with Crippen molar-refractivity contribution >= 4 is 28.2 Å². The van der Waals surface area contributed by atoms with E-state index in [1.54, 1.807) is 23.0 Å². The average Bonchev–Trinajstić information content (AvgIpc) is 3.09. The number of nitrogens with zero attached hydrogens (tertiary/aromatic N) is 5. The third-order valence-corrected chi connectivity index (χ3v) is 11.9. The van der Waals surface area contributed by atoms with Crippen molar-refractivity contribution in [2.45, 2.75) is 72.5 Å². The van der Waals surface area contributed by atoms with Gasteiger partial charge < -0.3 is 19.9 Å². The number of hydrogen-bond donors (Lipinski definition) is 1. The fourth-order valence-corrected chi connectivity index (χ4v) is 8.54. The van der Waals surface area contributed by atoms with E-state index in [0.29, 0.717) is 64.4 Å². The Morgan fingerprint density at radius 2 is 1.86 bits per heavy atom. The molecular formula is C40H49FN6O2. The lowest BCUT2D eigenvalue weighted by atomic mass is 9.45. The summed E-state index contributed by atoms with van der Waals surface area (Å²) in [6.45, 7) is 14.6. The second-order valence-corrected chi connectivity index (χ2v) is 15.1. The molecule has 5 atom stereocenters. The van der Waals surface area contributed by atoms with Crippen LogP contribution in [0.1, 0.15) is 51.7 Å². The molecule has 8 rings (SSSR count). The number of guanidine groups is 1. The van der Waals surface area contributed by atoms with Crippen LogP contribution in [0.5, 0.6) is 5.75 Å². The van der Waals surface area contributed by atoms with Gasteiger partial charge in [0.05, 0.1) is 30.4 Å². The molecule has 1 saturated heterocycles. The zero-order valence-corrected chi connectivity index (χ0v) is 29.6. The molecule has 1 aliphatic heterocycles. The topological polar surface area (TPSA) is 75.0 Å². The van der Waals surface area contributed by atoms with Gasteiger partial charge in [-0.3, -0.25) is 9.36 Å². The summed E-state index contributed by atoms with van der Waals surface area (Å²) < 4.78 is 21.2. The number of nitrogens with one attached hydrogen (secondary N) is 1. The number of halogens is 1. The third kappa shape index (κ3) is 6.40. The quantitative estimate of drug-likeness (QED) is 0.167. The number of piperazine rings is 1. The Morgan fingerprint density at radius 3 is 2.55 bits per heavy atom. The van der Waals surface area contributed by atoms with E-state index in [1.165, 1.54) is 30.8 Å². The van der Waals surface area contributed by atoms with E-state index in [4.69, 9.17) is 9.73 Å². The molecule has 0 amide bonds. The lowest BCUT2D eigenvalue weighted by molar-refractivity contribution is -0.108. The monoisotopic (exact) mass is 664 g/mol. The Bertz CT molecular complexity index is 1920. The molecule has 2 heterocycles. The van der Waals surface area contributed by atoms with Gasteiger partial charge in [-0.05, 0) is 98.2 Å². The van der Waals surface area contributed by atoms with Gasteiger partial charge in [0, 0.05) is 49.7 Å². The van der Waals surface area contributed by atoms with Gasteiger partial charge in [0.1, 0.15) is 11.6 Å². The molecule has 1 aromatic heterocycles. The molecule has 8 nitrogen and oxygen atoms in total. The smallest absolute Gasteiger partial charge is 0.261 e. The number of fused-ring (bicyclic) bond motifs is 3. The van der Waals surface area contributed by atoms with Gasteiger partial charge in [0.15, 0.2) is 5.96 Å². The summed E-state index contributed by atoms with van der Waals surface area (Å²) in [5.74, 6) is 2.97. The van der Waals surface area contributed by atoms with E-state index in [1.807, 2.05) is 18.2 Å². The van der Waals surface area contributed by atoms with Gasteiger partial charge in [-0.25, -0.2) is 14.4 Å². The molecule has 3 aromatic carbocycles. The summed E-state index contributed by atoms with van der Waals surface area (Å²) in [6.07, 6.45) is 4.37. The fourth-order valence-electron chi connectivity index (χ4n) is 8.54. The summed E-state index contributed by atoms with van der Waals surface area (Å²) in [4.78, 5) is 28.5. The Balaban J connectivity index is 1.12. The first-order valence-corrected chi connectivity index (χ1v) is 17.8. The standard InChI is InChI=1S/C40H49FN6O2/c1-25-7-11-31(12-8-25)47-18-17-45(23-26(47)2)39(44-36-20-29-19-34(27(36)3)40(29,4)5)43-30-10-14-33-37(21-30)42-24-46(38(33)48)16-15-28-9-13-32(49-6)22-35(28)41/h7-14,21-22,24,26-27,29,34,36H,15-20,23H2,1-6H3,(H,43,44)/t26?,27-,29-,34+,36?/m0/s1. The molecule has 49 heavy (non-hydrogen) atoms. The lowest BCUT2D eigenvalue weighted by Gasteiger charge is -2.61. The number of aliphatic imine (C=N–C) groups is 1. The Hall–Kier alpha value is -4.40. The van der Waals surface area contributed by atoms with E-state index in [2.05, 4.69) is 79.0 Å². The predicted octanol–water partition coefficient (Wildman–Crippen LogP) is 7.14. The Kier molecular flexibility index (Phi) is 8.88. The highest BCUT2D eigenvalue weighted by Crippen LogP contribution is 2.61. The fraction of sp³-hybridized carbons (Fsp3) is 0.475. The normalized spacial score (nSPS) is 24.9. The van der Waals surface area contributed by atoms with Crippen molar-refractivity contribution in [2.75, 3.05) is 37.0 Å². The molecule has 3 aliphatic carbocycles. The summed E-state index contributed by atoms with van der Waals surface area (Å²) in [5, 5.41) is 4.23. The van der Waals surface area contributed by atoms with Crippen LogP contribution in [0.4, 0.5) is 15.8 Å². The number of anilines is 2. The van der Waals surface area contributed by atoms with Crippen LogP contribution in [-0.4, -0.2) is 59.2 Å². The molecule has 0 spiro atoms. The Morgan fingerprint density at radius 1 is 1.06 bits per heavy atom. The number of methoxy groups -OCH3 is 1. The number of rotatable bonds is 7. The van der Waals surface area contributed by atoms with E-state index in [0.717, 1.165) is 37.7 Å². The predicted molar refractivity (Wildman–Crippen MR) is 196 cm³/mol. The van der Waals surface area contributed by atoms with Gasteiger partial charge >= 0.3 is 0 Å². The van der Waals surface area contributed by atoms with Crippen LogP contribution < -0.4 is 20.5 Å². The van der Waals surface area contributed by atoms with Gasteiger partial charge in [-0.1, -0.05) is 44.5 Å². The molecule has 4 aromatic rings. The van der Waals surface area contributed by atoms with E-state index in [-0.39, 0.29) is 17.4 Å². The molecular weight excluding hydrogens is 615 g/mol. The summed E-state index contributed by atoms with van der Waals surface area (Å²) in [6, 6.07) is 19.9. The van der Waals surface area contributed by atoms with Crippen LogP contribution in [0.2, 0.25) is 0 Å². The number of aromatic nitrogens is 2. The van der Waals surface area contributed by atoms with Crippen molar-refractivity contribution in [3.8, 4) is 5.75 Å². The van der Waals surface area contributed by atoms with E-state index >= 15 is 0 Å². The highest BCUT2D eigenvalue weighted by atomic mass is 19.1. The van der Waals surface area contributed by atoms with Crippen molar-refractivity contribution in [3.05, 3.63) is 94.3 Å². The third-order valence-electron chi connectivity index (χ3n) is 11.9. The minimum atomic E-state index is -0.344. The van der Waals surface area contributed by atoms with Crippen LogP contribution >= 0.6 is 0 Å². The lowest BCUT2D eigenvalue weighted by Crippen LogP contribution is -2.58. The van der Waals surface area contributed by atoms with Crippen LogP contribution in [-0.2, 0) is 13.0 Å². The number of benzene rings is 3. The first-order chi connectivity index (χ1) is 23.5. The molecule has 1 N–H and O–H groups in total. The van der Waals surface area contributed by atoms with Crippen LogP contribution in [0.15, 0.2) is 76.8 Å². The molecule has 4 aliphatic rings. The highest BCUT2D eigenvalue weighted by molar-refractivity contribution is 5.96. The molecule has 258 valence electrons. The van der Waals surface area contributed by atoms with Crippen LogP contribution in [0, 0.1) is 35.9 Å². The largest absolute Gasteiger partial charge is 0.497 e. The second-order valence-electron chi connectivity index (χ2n) is 15.1. The van der Waals surface area contributed by atoms with Crippen LogP contribution in [0.25, 0.3) is 10.9 Å². The van der Waals surface area contributed by atoms with Crippen molar-refractivity contribution in [1.82, 2.24) is 14.5 Å². The SMILES string of the molecule is COc1ccc(CCn2cnc3cc(N/C(=N/C4C[C@@H]5C[C@H]([C@@H]4C)C5(C)C)N4CCN(c5ccc(C)cc5)C(C)C4)ccc3c2=O)c(F)c1. The minimum Gasteiger partial charge on any atom is -0.497 e. The summed E-state index contributed by atoms with van der Waals surface area (Å²) in [5.41, 5.74) is 4.79. The molecule has 3 saturated carbocycles. The van der Waals surface area contributed by atoms with Crippen molar-refractivity contribution in [3.63, 3.8) is 0 Å². The summed E-state index contributed by atoms with van der Waals surface area (Å²) in [7, 11) is 1.51. The maximum atomic E-state index is 14.5. The van der Waals surface area contributed by atoms with Gasteiger partial charge in [0.25, 0.3) is 5.56 Å². The van der Waals surface area contributed by atoms with Crippen molar-refractivity contribution in [1.29, 1.82) is 0 Å². The first-order valence-electron chi connectivity index (χ1n) is 17.8. The second kappa shape index (κ2) is 13.1. The van der Waals surface area contributed by atoms with Crippen molar-refractivity contribution in [2.24, 2.45) is 28.2 Å². The van der Waals surface area contributed by atoms with Gasteiger partial charge in [-0.2, -0.15) is 0 Å². The maximum absolute atomic E-state index is 14.5. The number of ether oxygens (including phenoxy) is 1. The summed E-state index contributed by atoms with van der Waals surface area (Å²) >= 11 is 0.